The zero-order chi connectivity index (χ0) is 24.8. The first-order chi connectivity index (χ1) is 16.9. The SMILES string of the molecule is CC=C/C(=C\N=C(/C)c1cccc(Cn2nc(-c3cnn(C)c3)ccc2=O)c1)OC1CCC(O)C1. The Labute approximate surface area is 204 Å². The van der Waals surface area contributed by atoms with Crippen LogP contribution < -0.4 is 5.56 Å². The minimum Gasteiger partial charge on any atom is -0.489 e. The predicted molar refractivity (Wildman–Crippen MR) is 136 cm³/mol. The lowest BCUT2D eigenvalue weighted by Gasteiger charge is -2.13. The highest BCUT2D eigenvalue weighted by atomic mass is 16.5. The number of allylic oxidation sites excluding steroid dienone is 2. The third kappa shape index (κ3) is 6.42. The van der Waals surface area contributed by atoms with Crippen LogP contribution in [0.15, 0.2) is 82.7 Å². The number of aliphatic hydroxyl groups is 1. The normalized spacial score (nSPS) is 19.0. The molecule has 0 spiro atoms. The molecule has 1 N–H and O–H groups in total. The van der Waals surface area contributed by atoms with Crippen LogP contribution in [0, 0.1) is 0 Å². The van der Waals surface area contributed by atoms with Gasteiger partial charge < -0.3 is 9.84 Å². The van der Waals surface area contributed by atoms with Gasteiger partial charge in [0.15, 0.2) is 0 Å². The van der Waals surface area contributed by atoms with Gasteiger partial charge in [-0.1, -0.05) is 24.3 Å². The van der Waals surface area contributed by atoms with Crippen molar-refractivity contribution >= 4 is 5.71 Å². The lowest BCUT2D eigenvalue weighted by atomic mass is 10.1. The number of hydrogen-bond acceptors (Lipinski definition) is 6. The van der Waals surface area contributed by atoms with Crippen LogP contribution >= 0.6 is 0 Å². The van der Waals surface area contributed by atoms with Crippen LogP contribution in [0.4, 0.5) is 0 Å². The molecule has 1 aromatic carbocycles. The van der Waals surface area contributed by atoms with E-state index in [1.165, 1.54) is 10.7 Å². The lowest BCUT2D eigenvalue weighted by Crippen LogP contribution is -2.22. The van der Waals surface area contributed by atoms with Gasteiger partial charge in [0, 0.05) is 37.0 Å². The molecule has 0 amide bonds. The minimum absolute atomic E-state index is 0.0135. The fourth-order valence-corrected chi connectivity index (χ4v) is 4.07. The van der Waals surface area contributed by atoms with E-state index >= 15 is 0 Å². The molecule has 1 aliphatic rings. The van der Waals surface area contributed by atoms with Gasteiger partial charge in [-0.3, -0.25) is 14.5 Å². The summed E-state index contributed by atoms with van der Waals surface area (Å²) >= 11 is 0. The van der Waals surface area contributed by atoms with E-state index in [0.717, 1.165) is 35.2 Å². The summed E-state index contributed by atoms with van der Waals surface area (Å²) in [4.78, 5) is 17.1. The molecular formula is C27H31N5O3. The number of aliphatic imine (C=N–C) groups is 1. The molecule has 3 aromatic rings. The average Bonchev–Trinajstić information content (AvgIpc) is 3.46. The van der Waals surface area contributed by atoms with Gasteiger partial charge in [-0.25, -0.2) is 4.68 Å². The van der Waals surface area contributed by atoms with Gasteiger partial charge in [-0.15, -0.1) is 0 Å². The Morgan fingerprint density at radius 1 is 1.29 bits per heavy atom. The van der Waals surface area contributed by atoms with Crippen LogP contribution in [0.3, 0.4) is 0 Å². The number of nitrogens with zero attached hydrogens (tertiary/aromatic N) is 5. The lowest BCUT2D eigenvalue weighted by molar-refractivity contribution is 0.107. The standard InChI is InChI=1S/C27H31N5O3/c1-4-6-25(35-24-10-9-23(33)14-24)16-28-19(2)21-8-5-7-20(13-21)17-32-27(34)12-11-26(30-32)22-15-29-31(3)18-22/h4-8,11-13,15-16,18,23-24,33H,9-10,14,17H2,1-3H3/b6-4?,25-16+,28-19+. The quantitative estimate of drug-likeness (QED) is 0.305. The molecule has 0 radical (unpaired) electrons. The summed E-state index contributed by atoms with van der Waals surface area (Å²) in [5.74, 6) is 0.671. The van der Waals surface area contributed by atoms with Crippen molar-refractivity contribution in [3.63, 3.8) is 0 Å². The minimum atomic E-state index is -0.285. The van der Waals surface area contributed by atoms with E-state index in [1.807, 2.05) is 63.5 Å². The monoisotopic (exact) mass is 473 g/mol. The van der Waals surface area contributed by atoms with Gasteiger partial charge in [0.2, 0.25) is 0 Å². The van der Waals surface area contributed by atoms with Crippen molar-refractivity contribution in [2.24, 2.45) is 12.0 Å². The largest absolute Gasteiger partial charge is 0.489 e. The van der Waals surface area contributed by atoms with Gasteiger partial charge >= 0.3 is 0 Å². The highest BCUT2D eigenvalue weighted by Gasteiger charge is 2.24. The van der Waals surface area contributed by atoms with Crippen LogP contribution in [-0.2, 0) is 18.3 Å². The van der Waals surface area contributed by atoms with Crippen LogP contribution in [0.25, 0.3) is 11.3 Å². The maximum Gasteiger partial charge on any atom is 0.267 e. The van der Waals surface area contributed by atoms with E-state index in [4.69, 9.17) is 4.74 Å². The number of ether oxygens (including phenoxy) is 1. The van der Waals surface area contributed by atoms with Crippen molar-refractivity contribution in [3.8, 4) is 11.3 Å². The Balaban J connectivity index is 1.52. The first-order valence-corrected chi connectivity index (χ1v) is 11.8. The molecule has 2 unspecified atom stereocenters. The summed E-state index contributed by atoms with van der Waals surface area (Å²) in [5, 5.41) is 18.5. The number of aryl methyl sites for hydroxylation is 1. The van der Waals surface area contributed by atoms with Crippen molar-refractivity contribution in [2.45, 2.75) is 51.9 Å². The van der Waals surface area contributed by atoms with Gasteiger partial charge in [-0.2, -0.15) is 10.2 Å². The molecule has 4 rings (SSSR count). The Bertz CT molecular complexity index is 1320. The van der Waals surface area contributed by atoms with Gasteiger partial charge in [0.05, 0.1) is 30.7 Å². The van der Waals surface area contributed by atoms with Crippen LogP contribution in [0.2, 0.25) is 0 Å². The molecule has 8 heteroatoms. The molecule has 182 valence electrons. The molecule has 2 aromatic heterocycles. The summed E-state index contributed by atoms with van der Waals surface area (Å²) < 4.78 is 9.19. The summed E-state index contributed by atoms with van der Waals surface area (Å²) in [6, 6.07) is 11.2. The maximum atomic E-state index is 12.4. The molecule has 35 heavy (non-hydrogen) atoms. The van der Waals surface area contributed by atoms with Crippen LogP contribution in [-0.4, -0.2) is 42.6 Å². The summed E-state index contributed by atoms with van der Waals surface area (Å²) in [5.41, 5.74) is 4.11. The number of benzene rings is 1. The molecule has 8 nitrogen and oxygen atoms in total. The van der Waals surface area contributed by atoms with Crippen molar-refractivity contribution in [1.29, 1.82) is 0 Å². The smallest absolute Gasteiger partial charge is 0.267 e. The Kier molecular flexibility index (Phi) is 7.72. The molecule has 1 saturated carbocycles. The average molecular weight is 474 g/mol. The Morgan fingerprint density at radius 3 is 2.86 bits per heavy atom. The van der Waals surface area contributed by atoms with Crippen molar-refractivity contribution in [3.05, 3.63) is 94.4 Å². The molecule has 2 atom stereocenters. The maximum absolute atomic E-state index is 12.4. The molecule has 0 bridgehead atoms. The van der Waals surface area contributed by atoms with E-state index in [2.05, 4.69) is 15.2 Å². The summed E-state index contributed by atoms with van der Waals surface area (Å²) in [6.45, 7) is 4.22. The Hall–Kier alpha value is -3.78. The first kappa shape index (κ1) is 24.3. The number of rotatable bonds is 8. The number of aliphatic hydroxyl groups excluding tert-OH is 1. The highest BCUT2D eigenvalue weighted by Crippen LogP contribution is 2.24. The third-order valence-electron chi connectivity index (χ3n) is 5.92. The van der Waals surface area contributed by atoms with Crippen molar-refractivity contribution < 1.29 is 9.84 Å². The third-order valence-corrected chi connectivity index (χ3v) is 5.92. The number of hydrogen-bond donors (Lipinski definition) is 1. The molecule has 1 aliphatic carbocycles. The summed E-state index contributed by atoms with van der Waals surface area (Å²) in [6.07, 6.45) is 11.1. The predicted octanol–water partition coefficient (Wildman–Crippen LogP) is 3.85. The highest BCUT2D eigenvalue weighted by molar-refractivity contribution is 5.99. The van der Waals surface area contributed by atoms with Crippen molar-refractivity contribution in [1.82, 2.24) is 19.6 Å². The van der Waals surface area contributed by atoms with Gasteiger partial charge in [-0.05, 0) is 56.0 Å². The first-order valence-electron chi connectivity index (χ1n) is 11.8. The molecule has 2 heterocycles. The fourth-order valence-electron chi connectivity index (χ4n) is 4.07. The molecule has 0 saturated heterocycles. The summed E-state index contributed by atoms with van der Waals surface area (Å²) in [7, 11) is 1.84. The zero-order valence-corrected chi connectivity index (χ0v) is 20.3. The second kappa shape index (κ2) is 11.1. The molecule has 0 aliphatic heterocycles. The molecular weight excluding hydrogens is 442 g/mol. The second-order valence-corrected chi connectivity index (χ2v) is 8.77. The topological polar surface area (TPSA) is 94.5 Å². The Morgan fingerprint density at radius 2 is 2.14 bits per heavy atom. The van der Waals surface area contributed by atoms with E-state index in [9.17, 15) is 9.90 Å². The van der Waals surface area contributed by atoms with Crippen LogP contribution in [0.1, 0.15) is 44.2 Å². The van der Waals surface area contributed by atoms with E-state index in [0.29, 0.717) is 24.4 Å². The molecule has 1 fully saturated rings. The zero-order valence-electron chi connectivity index (χ0n) is 20.3. The van der Waals surface area contributed by atoms with E-state index in [1.54, 1.807) is 23.1 Å². The van der Waals surface area contributed by atoms with Gasteiger partial charge in [0.1, 0.15) is 11.9 Å². The van der Waals surface area contributed by atoms with Gasteiger partial charge in [0.25, 0.3) is 5.56 Å². The number of aromatic nitrogens is 4. The van der Waals surface area contributed by atoms with E-state index in [-0.39, 0.29) is 17.8 Å². The fraction of sp³-hybridized carbons (Fsp3) is 0.333. The van der Waals surface area contributed by atoms with Crippen molar-refractivity contribution in [2.75, 3.05) is 0 Å². The second-order valence-electron chi connectivity index (χ2n) is 8.77. The van der Waals surface area contributed by atoms with Crippen LogP contribution in [0.5, 0.6) is 0 Å². The van der Waals surface area contributed by atoms with E-state index < -0.39 is 0 Å².